The number of benzene rings is 1. The number of piperidine rings is 1. The number of aliphatic imine (C=N–C) groups is 1. The van der Waals surface area contributed by atoms with Crippen LogP contribution in [0.2, 0.25) is 0 Å². The number of anilines is 2. The summed E-state index contributed by atoms with van der Waals surface area (Å²) in [6.45, 7) is 3.56. The molecule has 0 spiro atoms. The summed E-state index contributed by atoms with van der Waals surface area (Å²) in [5.41, 5.74) is 0.876. The zero-order valence-electron chi connectivity index (χ0n) is 19.2. The smallest absolute Gasteiger partial charge is 0.339 e. The van der Waals surface area contributed by atoms with Crippen LogP contribution in [0.1, 0.15) is 43.9 Å². The molecule has 2 aliphatic rings. The first-order valence-corrected chi connectivity index (χ1v) is 11.5. The molecule has 2 aliphatic heterocycles. The van der Waals surface area contributed by atoms with Crippen LogP contribution in [0.5, 0.6) is 0 Å². The Morgan fingerprint density at radius 1 is 1.06 bits per heavy atom. The van der Waals surface area contributed by atoms with Crippen LogP contribution in [0.4, 0.5) is 30.8 Å². The number of halogens is 3. The molecule has 1 aromatic carbocycles. The number of hydrogen-bond acceptors (Lipinski definition) is 9. The molecule has 184 valence electrons. The van der Waals surface area contributed by atoms with E-state index in [1.54, 1.807) is 4.90 Å². The number of nitrogens with zero attached hydrogens (tertiary/aromatic N) is 8. The van der Waals surface area contributed by atoms with E-state index in [-0.39, 0.29) is 42.1 Å². The zero-order valence-corrected chi connectivity index (χ0v) is 19.2. The first-order chi connectivity index (χ1) is 16.8. The molecule has 35 heavy (non-hydrogen) atoms. The highest BCUT2D eigenvalue weighted by atomic mass is 19.4. The molecule has 2 bridgehead atoms. The van der Waals surface area contributed by atoms with Gasteiger partial charge in [0.05, 0.1) is 6.42 Å². The van der Waals surface area contributed by atoms with Crippen molar-refractivity contribution in [3.8, 4) is 11.6 Å². The Morgan fingerprint density at radius 3 is 2.43 bits per heavy atom. The first kappa shape index (κ1) is 23.3. The van der Waals surface area contributed by atoms with Crippen LogP contribution in [0.3, 0.4) is 0 Å². The van der Waals surface area contributed by atoms with Crippen LogP contribution in [0.15, 0.2) is 39.8 Å². The van der Waals surface area contributed by atoms with Crippen molar-refractivity contribution in [1.29, 1.82) is 0 Å². The van der Waals surface area contributed by atoms with E-state index in [2.05, 4.69) is 36.8 Å². The largest absolute Gasteiger partial charge is 0.390 e. The third-order valence-corrected chi connectivity index (χ3v) is 6.73. The minimum absolute atomic E-state index is 0.0128. The summed E-state index contributed by atoms with van der Waals surface area (Å²) < 4.78 is 43.8. The molecule has 3 aromatic rings. The second-order valence-electron chi connectivity index (χ2n) is 8.92. The van der Waals surface area contributed by atoms with Crippen LogP contribution in [-0.2, 0) is 0 Å². The quantitative estimate of drug-likeness (QED) is 0.444. The van der Waals surface area contributed by atoms with E-state index in [1.807, 2.05) is 42.3 Å². The maximum absolute atomic E-state index is 12.7. The molecule has 2 saturated heterocycles. The molecule has 5 rings (SSSR count). The summed E-state index contributed by atoms with van der Waals surface area (Å²) in [4.78, 5) is 25.3. The Bertz CT molecular complexity index is 1170. The van der Waals surface area contributed by atoms with Gasteiger partial charge in [0.15, 0.2) is 0 Å². The minimum atomic E-state index is -4.14. The van der Waals surface area contributed by atoms with Crippen LogP contribution in [0.25, 0.3) is 11.6 Å². The molecule has 2 fully saturated rings. The van der Waals surface area contributed by atoms with Gasteiger partial charge in [0, 0.05) is 37.3 Å². The fourth-order valence-electron chi connectivity index (χ4n) is 5.03. The lowest BCUT2D eigenvalue weighted by molar-refractivity contribution is -0.140. The van der Waals surface area contributed by atoms with Crippen LogP contribution >= 0.6 is 0 Å². The van der Waals surface area contributed by atoms with Gasteiger partial charge in [-0.25, -0.2) is 4.99 Å². The Hall–Kier alpha value is -3.41. The lowest BCUT2D eigenvalue weighted by Gasteiger charge is -2.37. The fraction of sp³-hybridized carbons (Fsp3) is 0.478. The lowest BCUT2D eigenvalue weighted by Crippen LogP contribution is -2.43. The normalized spacial score (nSPS) is 22.3. The van der Waals surface area contributed by atoms with E-state index < -0.39 is 12.6 Å². The molecule has 0 aliphatic carbocycles. The first-order valence-electron chi connectivity index (χ1n) is 11.5. The number of aromatic nitrogens is 5. The second-order valence-corrected chi connectivity index (χ2v) is 8.92. The van der Waals surface area contributed by atoms with Gasteiger partial charge < -0.3 is 9.42 Å². The summed E-state index contributed by atoms with van der Waals surface area (Å²) in [7, 11) is 1.82. The number of para-hydroxylation sites is 1. The van der Waals surface area contributed by atoms with Crippen molar-refractivity contribution in [3.05, 3.63) is 36.2 Å². The van der Waals surface area contributed by atoms with E-state index in [4.69, 9.17) is 4.52 Å². The van der Waals surface area contributed by atoms with Crippen molar-refractivity contribution in [2.75, 3.05) is 18.5 Å². The van der Waals surface area contributed by atoms with Gasteiger partial charge >= 0.3 is 6.18 Å². The highest BCUT2D eigenvalue weighted by Crippen LogP contribution is 2.43. The number of rotatable bonds is 7. The maximum Gasteiger partial charge on any atom is 0.390 e. The van der Waals surface area contributed by atoms with Gasteiger partial charge in [0.2, 0.25) is 23.5 Å². The molecule has 2 unspecified atom stereocenters. The highest BCUT2D eigenvalue weighted by molar-refractivity contribution is 5.59. The molecule has 2 aromatic heterocycles. The van der Waals surface area contributed by atoms with E-state index in [1.165, 1.54) is 0 Å². The Balaban J connectivity index is 1.34. The molecular formula is C23H25F3N8O. The molecule has 0 saturated carbocycles. The van der Waals surface area contributed by atoms with Crippen molar-refractivity contribution in [2.24, 2.45) is 4.99 Å². The molecular weight excluding hydrogens is 461 g/mol. The third-order valence-electron chi connectivity index (χ3n) is 6.73. The zero-order chi connectivity index (χ0) is 24.6. The Morgan fingerprint density at radius 2 is 1.77 bits per heavy atom. The Kier molecular flexibility index (Phi) is 6.22. The monoisotopic (exact) mass is 486 g/mol. The summed E-state index contributed by atoms with van der Waals surface area (Å²) in [6, 6.07) is 9.77. The summed E-state index contributed by atoms with van der Waals surface area (Å²) in [6.07, 6.45) is -1.78. The lowest BCUT2D eigenvalue weighted by atomic mass is 9.90. The minimum Gasteiger partial charge on any atom is -0.339 e. The maximum atomic E-state index is 12.7. The molecule has 2 atom stereocenters. The SMILES string of the molecule is C=Nc1nc(-c2noc(C3CC4CCC(C3)N4CCC(F)(F)F)n2)nc(N(C)c2ccccc2)n1. The average Bonchev–Trinajstić information content (AvgIpc) is 3.44. The Labute approximate surface area is 200 Å². The summed E-state index contributed by atoms with van der Waals surface area (Å²) in [5, 5.41) is 4.09. The number of alkyl halides is 3. The average molecular weight is 487 g/mol. The highest BCUT2D eigenvalue weighted by Gasteiger charge is 2.44. The van der Waals surface area contributed by atoms with E-state index in [0.29, 0.717) is 24.7 Å². The predicted molar refractivity (Wildman–Crippen MR) is 123 cm³/mol. The van der Waals surface area contributed by atoms with Crippen LogP contribution < -0.4 is 4.90 Å². The molecule has 0 amide bonds. The van der Waals surface area contributed by atoms with Gasteiger partial charge in [-0.15, -0.1) is 0 Å². The fourth-order valence-corrected chi connectivity index (χ4v) is 5.03. The van der Waals surface area contributed by atoms with Gasteiger partial charge in [0.1, 0.15) is 0 Å². The standard InChI is InChI=1S/C23H25F3N8O/c1-27-21-29-18(30-22(31-21)33(2)15-6-4-3-5-7-15)19-28-20(35-32-19)14-12-16-8-9-17(13-14)34(16)11-10-23(24,25)26/h3-7,14,16-17H,1,8-13H2,2H3. The van der Waals surface area contributed by atoms with Crippen molar-refractivity contribution in [1.82, 2.24) is 30.0 Å². The van der Waals surface area contributed by atoms with Gasteiger partial charge in [-0.1, -0.05) is 23.4 Å². The topological polar surface area (TPSA) is 96.4 Å². The van der Waals surface area contributed by atoms with E-state index in [9.17, 15) is 13.2 Å². The summed E-state index contributed by atoms with van der Waals surface area (Å²) >= 11 is 0. The van der Waals surface area contributed by atoms with Gasteiger partial charge in [-0.3, -0.25) is 4.90 Å². The van der Waals surface area contributed by atoms with Crippen molar-refractivity contribution in [2.45, 2.75) is 56.3 Å². The number of fused-ring (bicyclic) bond motifs is 2. The van der Waals surface area contributed by atoms with Crippen LogP contribution in [0, 0.1) is 0 Å². The predicted octanol–water partition coefficient (Wildman–Crippen LogP) is 4.68. The van der Waals surface area contributed by atoms with Crippen molar-refractivity contribution in [3.63, 3.8) is 0 Å². The van der Waals surface area contributed by atoms with Crippen LogP contribution in [-0.4, -0.2) is 68.6 Å². The van der Waals surface area contributed by atoms with E-state index >= 15 is 0 Å². The summed E-state index contributed by atoms with van der Waals surface area (Å²) in [5.74, 6) is 1.35. The van der Waals surface area contributed by atoms with Crippen molar-refractivity contribution < 1.29 is 17.7 Å². The molecule has 4 heterocycles. The third kappa shape index (κ3) is 5.02. The van der Waals surface area contributed by atoms with Crippen molar-refractivity contribution >= 4 is 24.3 Å². The van der Waals surface area contributed by atoms with Gasteiger partial charge in [0.25, 0.3) is 5.95 Å². The molecule has 9 nitrogen and oxygen atoms in total. The molecule has 0 radical (unpaired) electrons. The van der Waals surface area contributed by atoms with Gasteiger partial charge in [-0.05, 0) is 44.5 Å². The van der Waals surface area contributed by atoms with E-state index in [0.717, 1.165) is 18.5 Å². The second kappa shape index (κ2) is 9.33. The molecule has 0 N–H and O–H groups in total. The van der Waals surface area contributed by atoms with Gasteiger partial charge in [-0.2, -0.15) is 33.1 Å². The molecule has 12 heteroatoms. The number of hydrogen-bond donors (Lipinski definition) is 0.